The highest BCUT2D eigenvalue weighted by Crippen LogP contribution is 2.32. The first kappa shape index (κ1) is 12.0. The number of halogens is 2. The summed E-state index contributed by atoms with van der Waals surface area (Å²) in [6.07, 6.45) is 2.79. The summed E-state index contributed by atoms with van der Waals surface area (Å²) in [5, 5.41) is 8.28. The van der Waals surface area contributed by atoms with Gasteiger partial charge in [0.25, 0.3) is 0 Å². The number of aromatic amines is 1. The molecule has 1 aromatic carbocycles. The van der Waals surface area contributed by atoms with Crippen molar-refractivity contribution in [2.24, 2.45) is 0 Å². The first-order valence-electron chi connectivity index (χ1n) is 5.90. The highest BCUT2D eigenvalue weighted by atomic mass is 35.5. The number of nitrogens with zero attached hydrogens (tertiary/aromatic N) is 2. The molecular formula is C13H13Cl2N3. The summed E-state index contributed by atoms with van der Waals surface area (Å²) in [6.45, 7) is 2.74. The molecule has 3 rings (SSSR count). The Kier molecular flexibility index (Phi) is 3.29. The van der Waals surface area contributed by atoms with Gasteiger partial charge in [-0.2, -0.15) is 5.10 Å². The van der Waals surface area contributed by atoms with Crippen LogP contribution in [0.2, 0.25) is 10.0 Å². The normalized spacial score (nSPS) is 15.7. The molecule has 1 aromatic heterocycles. The third kappa shape index (κ3) is 2.26. The summed E-state index contributed by atoms with van der Waals surface area (Å²) in [4.78, 5) is 2.35. The van der Waals surface area contributed by atoms with Crippen LogP contribution in [0.5, 0.6) is 0 Å². The molecule has 0 saturated carbocycles. The van der Waals surface area contributed by atoms with Gasteiger partial charge in [0.05, 0.1) is 10.0 Å². The van der Waals surface area contributed by atoms with Gasteiger partial charge in [-0.05, 0) is 29.7 Å². The molecular weight excluding hydrogens is 269 g/mol. The topological polar surface area (TPSA) is 31.9 Å². The largest absolute Gasteiger partial charge is 0.293 e. The van der Waals surface area contributed by atoms with E-state index in [1.165, 1.54) is 5.56 Å². The lowest BCUT2D eigenvalue weighted by molar-refractivity contribution is 0.242. The Labute approximate surface area is 116 Å². The average Bonchev–Trinajstić information content (AvgIpc) is 2.87. The lowest BCUT2D eigenvalue weighted by Gasteiger charge is -2.29. The van der Waals surface area contributed by atoms with Crippen LogP contribution in [0.1, 0.15) is 16.8 Å². The van der Waals surface area contributed by atoms with Crippen LogP contribution in [0.3, 0.4) is 0 Å². The molecule has 2 aromatic rings. The summed E-state index contributed by atoms with van der Waals surface area (Å²) >= 11 is 12.3. The van der Waals surface area contributed by atoms with E-state index in [1.807, 2.05) is 12.1 Å². The minimum atomic E-state index is 0.638. The molecule has 3 nitrogen and oxygen atoms in total. The van der Waals surface area contributed by atoms with Crippen LogP contribution >= 0.6 is 23.2 Å². The van der Waals surface area contributed by atoms with E-state index in [9.17, 15) is 0 Å². The van der Waals surface area contributed by atoms with Crippen LogP contribution in [-0.4, -0.2) is 21.6 Å². The summed E-state index contributed by atoms with van der Waals surface area (Å²) in [6, 6.07) is 5.96. The van der Waals surface area contributed by atoms with Crippen LogP contribution < -0.4 is 0 Å². The van der Waals surface area contributed by atoms with Gasteiger partial charge in [-0.15, -0.1) is 0 Å². The van der Waals surface area contributed by atoms with Crippen molar-refractivity contribution >= 4 is 23.2 Å². The van der Waals surface area contributed by atoms with Gasteiger partial charge in [0, 0.05) is 31.5 Å². The molecule has 1 aliphatic rings. The maximum Gasteiger partial charge on any atom is 0.0640 e. The number of benzene rings is 1. The van der Waals surface area contributed by atoms with E-state index in [2.05, 4.69) is 21.2 Å². The van der Waals surface area contributed by atoms with Gasteiger partial charge >= 0.3 is 0 Å². The number of H-pyrrole nitrogens is 1. The molecule has 2 heterocycles. The van der Waals surface area contributed by atoms with Crippen molar-refractivity contribution < 1.29 is 0 Å². The SMILES string of the molecule is Clc1ccc2c(c1Cl)CN(Cc1ccn[nH]1)CC2. The molecule has 0 saturated heterocycles. The van der Waals surface area contributed by atoms with Gasteiger partial charge in [0.15, 0.2) is 0 Å². The summed E-state index contributed by atoms with van der Waals surface area (Å²) in [5.74, 6) is 0. The third-order valence-electron chi connectivity index (χ3n) is 3.32. The maximum absolute atomic E-state index is 6.28. The number of fused-ring (bicyclic) bond motifs is 1. The molecule has 0 atom stereocenters. The number of aromatic nitrogens is 2. The Morgan fingerprint density at radius 1 is 1.28 bits per heavy atom. The van der Waals surface area contributed by atoms with E-state index < -0.39 is 0 Å². The van der Waals surface area contributed by atoms with Gasteiger partial charge in [0.2, 0.25) is 0 Å². The van der Waals surface area contributed by atoms with Crippen molar-refractivity contribution in [1.82, 2.24) is 15.1 Å². The molecule has 94 valence electrons. The van der Waals surface area contributed by atoms with Gasteiger partial charge < -0.3 is 0 Å². The summed E-state index contributed by atoms with van der Waals surface area (Å²) in [7, 11) is 0. The second-order valence-corrected chi connectivity index (χ2v) is 5.33. The predicted molar refractivity (Wildman–Crippen MR) is 72.9 cm³/mol. The summed E-state index contributed by atoms with van der Waals surface area (Å²) in [5.41, 5.74) is 3.59. The third-order valence-corrected chi connectivity index (χ3v) is 4.17. The van der Waals surface area contributed by atoms with Crippen molar-refractivity contribution in [2.45, 2.75) is 19.5 Å². The van der Waals surface area contributed by atoms with Crippen molar-refractivity contribution in [3.05, 3.63) is 51.3 Å². The molecule has 5 heteroatoms. The van der Waals surface area contributed by atoms with Crippen molar-refractivity contribution in [3.63, 3.8) is 0 Å². The molecule has 0 aliphatic carbocycles. The van der Waals surface area contributed by atoms with E-state index in [4.69, 9.17) is 23.2 Å². The molecule has 0 amide bonds. The van der Waals surface area contributed by atoms with E-state index in [0.29, 0.717) is 10.0 Å². The molecule has 1 aliphatic heterocycles. The Morgan fingerprint density at radius 3 is 2.94 bits per heavy atom. The van der Waals surface area contributed by atoms with E-state index >= 15 is 0 Å². The highest BCUT2D eigenvalue weighted by molar-refractivity contribution is 6.42. The summed E-state index contributed by atoms with van der Waals surface area (Å²) < 4.78 is 0. The van der Waals surface area contributed by atoms with Crippen molar-refractivity contribution in [2.75, 3.05) is 6.54 Å². The van der Waals surface area contributed by atoms with E-state index in [1.54, 1.807) is 6.20 Å². The van der Waals surface area contributed by atoms with Gasteiger partial charge in [-0.3, -0.25) is 10.00 Å². The lowest BCUT2D eigenvalue weighted by Crippen LogP contribution is -2.30. The van der Waals surface area contributed by atoms with Gasteiger partial charge in [0.1, 0.15) is 0 Å². The minimum absolute atomic E-state index is 0.638. The zero-order chi connectivity index (χ0) is 12.5. The van der Waals surface area contributed by atoms with Crippen LogP contribution in [0.4, 0.5) is 0 Å². The molecule has 0 bridgehead atoms. The van der Waals surface area contributed by atoms with E-state index in [0.717, 1.165) is 37.3 Å². The smallest absolute Gasteiger partial charge is 0.0640 e. The lowest BCUT2D eigenvalue weighted by atomic mass is 9.99. The zero-order valence-electron chi connectivity index (χ0n) is 9.79. The fourth-order valence-corrected chi connectivity index (χ4v) is 2.79. The Balaban J connectivity index is 1.82. The number of hydrogen-bond acceptors (Lipinski definition) is 2. The Hall–Kier alpha value is -1.03. The Bertz CT molecular complexity index is 552. The number of hydrogen-bond donors (Lipinski definition) is 1. The first-order valence-corrected chi connectivity index (χ1v) is 6.66. The van der Waals surface area contributed by atoms with E-state index in [-0.39, 0.29) is 0 Å². The van der Waals surface area contributed by atoms with Crippen LogP contribution in [0.25, 0.3) is 0 Å². The monoisotopic (exact) mass is 281 g/mol. The molecule has 0 fully saturated rings. The van der Waals surface area contributed by atoms with Gasteiger partial charge in [-0.1, -0.05) is 29.3 Å². The molecule has 18 heavy (non-hydrogen) atoms. The first-order chi connectivity index (χ1) is 8.74. The van der Waals surface area contributed by atoms with Crippen LogP contribution in [0.15, 0.2) is 24.4 Å². The second kappa shape index (κ2) is 4.92. The molecule has 0 unspecified atom stereocenters. The molecule has 1 N–H and O–H groups in total. The quantitative estimate of drug-likeness (QED) is 0.916. The Morgan fingerprint density at radius 2 is 2.17 bits per heavy atom. The number of rotatable bonds is 2. The second-order valence-electron chi connectivity index (χ2n) is 4.54. The predicted octanol–water partition coefficient (Wildman–Crippen LogP) is 3.27. The average molecular weight is 282 g/mol. The molecule has 0 radical (unpaired) electrons. The van der Waals surface area contributed by atoms with Crippen molar-refractivity contribution in [1.29, 1.82) is 0 Å². The number of nitrogens with one attached hydrogen (secondary N) is 1. The fraction of sp³-hybridized carbons (Fsp3) is 0.308. The standard InChI is InChI=1S/C13H13Cl2N3/c14-12-2-1-9-4-6-18(8-11(9)13(12)15)7-10-3-5-16-17-10/h1-3,5H,4,6-8H2,(H,16,17). The molecule has 0 spiro atoms. The minimum Gasteiger partial charge on any atom is -0.293 e. The van der Waals surface area contributed by atoms with Crippen LogP contribution in [0, 0.1) is 0 Å². The zero-order valence-corrected chi connectivity index (χ0v) is 11.3. The van der Waals surface area contributed by atoms with Crippen molar-refractivity contribution in [3.8, 4) is 0 Å². The fourth-order valence-electron chi connectivity index (χ4n) is 2.37. The van der Waals surface area contributed by atoms with Gasteiger partial charge in [-0.25, -0.2) is 0 Å². The highest BCUT2D eigenvalue weighted by Gasteiger charge is 2.20. The van der Waals surface area contributed by atoms with Crippen LogP contribution in [-0.2, 0) is 19.5 Å². The maximum atomic E-state index is 6.28.